The van der Waals surface area contributed by atoms with E-state index in [1.54, 1.807) is 24.4 Å². The Balaban J connectivity index is 2.93. The number of hydrogen-bond donors (Lipinski definition) is 2. The molecule has 1 aromatic rings. The van der Waals surface area contributed by atoms with Gasteiger partial charge in [0, 0.05) is 6.20 Å². The molecule has 0 saturated heterocycles. The fraction of sp³-hybridized carbons (Fsp3) is 0. The summed E-state index contributed by atoms with van der Waals surface area (Å²) in [5.41, 5.74) is 10.6. The number of aliphatic imine (C=N–C) groups is 1. The molecule has 1 rings (SSSR count). The summed E-state index contributed by atoms with van der Waals surface area (Å²) >= 11 is 0. The first-order chi connectivity index (χ1) is 5.70. The Hall–Kier alpha value is -1.91. The molecule has 0 unspecified atom stereocenters. The molecule has 0 aliphatic carbocycles. The molecule has 1 heterocycles. The van der Waals surface area contributed by atoms with Crippen LogP contribution in [0.4, 0.5) is 4.79 Å². The molecule has 0 atom stereocenters. The molecule has 12 heavy (non-hydrogen) atoms. The molecule has 5 nitrogen and oxygen atoms in total. The lowest BCUT2D eigenvalue weighted by molar-refractivity contribution is 0.256. The van der Waals surface area contributed by atoms with Crippen LogP contribution in [-0.2, 0) is 0 Å². The molecule has 0 saturated carbocycles. The maximum Gasteiger partial charge on any atom is 0.340 e. The van der Waals surface area contributed by atoms with E-state index in [9.17, 15) is 4.79 Å². The standard InChI is InChI=1S/C7H8N4O/c8-6(11-7(9)12)5-3-1-2-4-10-5/h1-4H,(H4,8,9,11,12). The molecule has 0 aliphatic heterocycles. The quantitative estimate of drug-likeness (QED) is 0.447. The minimum absolute atomic E-state index is 0.0306. The molecule has 5 heteroatoms. The van der Waals surface area contributed by atoms with E-state index in [1.165, 1.54) is 0 Å². The smallest absolute Gasteiger partial charge is 0.340 e. The number of aromatic nitrogens is 1. The van der Waals surface area contributed by atoms with E-state index in [2.05, 4.69) is 9.98 Å². The normalized spacial score (nSPS) is 11.2. The Bertz CT molecular complexity index is 306. The maximum absolute atomic E-state index is 10.3. The van der Waals surface area contributed by atoms with E-state index >= 15 is 0 Å². The number of urea groups is 1. The summed E-state index contributed by atoms with van der Waals surface area (Å²) in [6, 6.07) is 4.30. The van der Waals surface area contributed by atoms with Gasteiger partial charge in [0.1, 0.15) is 5.69 Å². The van der Waals surface area contributed by atoms with Crippen LogP contribution in [0.2, 0.25) is 0 Å². The molecule has 0 radical (unpaired) electrons. The van der Waals surface area contributed by atoms with Crippen LogP contribution in [0.3, 0.4) is 0 Å². The van der Waals surface area contributed by atoms with Gasteiger partial charge in [-0.3, -0.25) is 4.98 Å². The van der Waals surface area contributed by atoms with Crippen molar-refractivity contribution in [3.8, 4) is 0 Å². The van der Waals surface area contributed by atoms with Crippen molar-refractivity contribution in [1.29, 1.82) is 0 Å². The zero-order chi connectivity index (χ0) is 8.97. The van der Waals surface area contributed by atoms with Crippen LogP contribution in [-0.4, -0.2) is 16.9 Å². The van der Waals surface area contributed by atoms with Crippen LogP contribution in [0.1, 0.15) is 5.69 Å². The van der Waals surface area contributed by atoms with Crippen LogP contribution < -0.4 is 11.5 Å². The van der Waals surface area contributed by atoms with Gasteiger partial charge in [-0.2, -0.15) is 4.99 Å². The number of pyridine rings is 1. The first-order valence-electron chi connectivity index (χ1n) is 3.25. The molecule has 0 spiro atoms. The fourth-order valence-corrected chi connectivity index (χ4v) is 0.690. The second kappa shape index (κ2) is 3.47. The largest absolute Gasteiger partial charge is 0.382 e. The zero-order valence-corrected chi connectivity index (χ0v) is 6.27. The molecular formula is C7H8N4O. The Kier molecular flexibility index (Phi) is 2.37. The van der Waals surface area contributed by atoms with E-state index in [1.807, 2.05) is 0 Å². The second-order valence-electron chi connectivity index (χ2n) is 2.05. The molecule has 62 valence electrons. The summed E-state index contributed by atoms with van der Waals surface area (Å²) in [5.74, 6) is 0.0306. The van der Waals surface area contributed by atoms with Gasteiger partial charge in [-0.05, 0) is 12.1 Å². The average molecular weight is 164 g/mol. The molecule has 0 aromatic carbocycles. The van der Waals surface area contributed by atoms with Crippen LogP contribution in [0.15, 0.2) is 29.4 Å². The lowest BCUT2D eigenvalue weighted by atomic mass is 10.3. The summed E-state index contributed by atoms with van der Waals surface area (Å²) < 4.78 is 0. The van der Waals surface area contributed by atoms with Crippen molar-refractivity contribution in [2.45, 2.75) is 0 Å². The summed E-state index contributed by atoms with van der Waals surface area (Å²) in [6.45, 7) is 0. The highest BCUT2D eigenvalue weighted by Gasteiger charge is 1.98. The number of primary amides is 1. The second-order valence-corrected chi connectivity index (χ2v) is 2.05. The number of hydrogen-bond acceptors (Lipinski definition) is 2. The lowest BCUT2D eigenvalue weighted by Gasteiger charge is -1.95. The van der Waals surface area contributed by atoms with Gasteiger partial charge in [-0.25, -0.2) is 4.79 Å². The Morgan fingerprint density at radius 2 is 2.17 bits per heavy atom. The SMILES string of the molecule is NC(=O)N=C(N)c1ccccn1. The predicted octanol–water partition coefficient (Wildman–Crippen LogP) is -0.134. The van der Waals surface area contributed by atoms with Gasteiger partial charge in [-0.1, -0.05) is 6.07 Å². The van der Waals surface area contributed by atoms with Crippen LogP contribution in [0.5, 0.6) is 0 Å². The van der Waals surface area contributed by atoms with E-state index in [-0.39, 0.29) is 5.84 Å². The van der Waals surface area contributed by atoms with Gasteiger partial charge in [-0.15, -0.1) is 0 Å². The summed E-state index contributed by atoms with van der Waals surface area (Å²) in [5, 5.41) is 0. The average Bonchev–Trinajstić information content (AvgIpc) is 2.05. The van der Waals surface area contributed by atoms with Crippen molar-refractivity contribution < 1.29 is 4.79 Å². The third-order valence-corrected chi connectivity index (χ3v) is 1.16. The molecule has 0 fully saturated rings. The molecule has 0 bridgehead atoms. The first-order valence-corrected chi connectivity index (χ1v) is 3.25. The predicted molar refractivity (Wildman–Crippen MR) is 44.5 cm³/mol. The minimum Gasteiger partial charge on any atom is -0.382 e. The Morgan fingerprint density at radius 3 is 2.67 bits per heavy atom. The van der Waals surface area contributed by atoms with Crippen molar-refractivity contribution in [3.63, 3.8) is 0 Å². The van der Waals surface area contributed by atoms with Gasteiger partial charge in [0.15, 0.2) is 5.84 Å². The van der Waals surface area contributed by atoms with Gasteiger partial charge in [0.25, 0.3) is 0 Å². The van der Waals surface area contributed by atoms with Crippen molar-refractivity contribution in [2.24, 2.45) is 16.5 Å². The highest BCUT2D eigenvalue weighted by Crippen LogP contribution is 1.91. The summed E-state index contributed by atoms with van der Waals surface area (Å²) in [7, 11) is 0. The van der Waals surface area contributed by atoms with Gasteiger partial charge < -0.3 is 11.5 Å². The minimum atomic E-state index is -0.821. The van der Waals surface area contributed by atoms with Crippen molar-refractivity contribution in [2.75, 3.05) is 0 Å². The molecule has 2 amide bonds. The molecule has 0 aliphatic rings. The number of nitrogens with zero attached hydrogens (tertiary/aromatic N) is 2. The third-order valence-electron chi connectivity index (χ3n) is 1.16. The van der Waals surface area contributed by atoms with E-state index in [4.69, 9.17) is 11.5 Å². The number of nitrogens with two attached hydrogens (primary N) is 2. The van der Waals surface area contributed by atoms with Gasteiger partial charge >= 0.3 is 6.03 Å². The van der Waals surface area contributed by atoms with Crippen LogP contribution in [0, 0.1) is 0 Å². The third kappa shape index (κ3) is 2.05. The fourth-order valence-electron chi connectivity index (χ4n) is 0.690. The Labute approximate surface area is 69.1 Å². The summed E-state index contributed by atoms with van der Waals surface area (Å²) in [6.07, 6.45) is 1.55. The Morgan fingerprint density at radius 1 is 1.42 bits per heavy atom. The summed E-state index contributed by atoms with van der Waals surface area (Å²) in [4.78, 5) is 17.5. The molecule has 1 aromatic heterocycles. The molecular weight excluding hydrogens is 156 g/mol. The first kappa shape index (κ1) is 8.19. The highest BCUT2D eigenvalue weighted by atomic mass is 16.2. The van der Waals surface area contributed by atoms with E-state index in [0.717, 1.165) is 0 Å². The lowest BCUT2D eigenvalue weighted by Crippen LogP contribution is -2.19. The van der Waals surface area contributed by atoms with Crippen LogP contribution >= 0.6 is 0 Å². The topological polar surface area (TPSA) is 94.4 Å². The van der Waals surface area contributed by atoms with Crippen LogP contribution in [0.25, 0.3) is 0 Å². The van der Waals surface area contributed by atoms with Crippen molar-refractivity contribution in [3.05, 3.63) is 30.1 Å². The zero-order valence-electron chi connectivity index (χ0n) is 6.27. The van der Waals surface area contributed by atoms with Gasteiger partial charge in [0.05, 0.1) is 0 Å². The highest BCUT2D eigenvalue weighted by molar-refractivity contribution is 6.01. The molecule has 4 N–H and O–H groups in total. The maximum atomic E-state index is 10.3. The van der Waals surface area contributed by atoms with E-state index < -0.39 is 6.03 Å². The number of amidine groups is 1. The van der Waals surface area contributed by atoms with Crippen molar-refractivity contribution >= 4 is 11.9 Å². The number of carbonyl (C=O) groups excluding carboxylic acids is 1. The number of carbonyl (C=O) groups is 1. The van der Waals surface area contributed by atoms with Gasteiger partial charge in [0.2, 0.25) is 0 Å². The van der Waals surface area contributed by atoms with Crippen molar-refractivity contribution in [1.82, 2.24) is 4.98 Å². The number of rotatable bonds is 1. The number of amides is 2. The van der Waals surface area contributed by atoms with E-state index in [0.29, 0.717) is 5.69 Å². The monoisotopic (exact) mass is 164 g/mol.